The zero-order valence-corrected chi connectivity index (χ0v) is 19.5. The highest BCUT2D eigenvalue weighted by atomic mass is 32.2. The Morgan fingerprint density at radius 3 is 2.39 bits per heavy atom. The SMILES string of the molecule is NC(CCCC(=O)N[C@@H]1C(=O)N2C(C(=O)O)=C(COC(=O)c3ccccc3C(=O)O)CS[C@@H]12)C(=O)O. The van der Waals surface area contributed by atoms with E-state index in [-0.39, 0.29) is 47.4 Å². The van der Waals surface area contributed by atoms with Crippen LogP contribution in [0.3, 0.4) is 0 Å². The number of nitrogens with zero attached hydrogens (tertiary/aromatic N) is 1. The third-order valence-corrected chi connectivity index (χ3v) is 6.90. The van der Waals surface area contributed by atoms with Crippen LogP contribution in [0.15, 0.2) is 35.5 Å². The van der Waals surface area contributed by atoms with Gasteiger partial charge in [0.2, 0.25) is 5.91 Å². The van der Waals surface area contributed by atoms with Crippen LogP contribution in [0, 0.1) is 0 Å². The molecule has 1 unspecified atom stereocenters. The van der Waals surface area contributed by atoms with Gasteiger partial charge >= 0.3 is 23.9 Å². The van der Waals surface area contributed by atoms with E-state index in [1.54, 1.807) is 0 Å². The highest BCUT2D eigenvalue weighted by Crippen LogP contribution is 2.40. The fraction of sp³-hybridized carbons (Fsp3) is 0.364. The lowest BCUT2D eigenvalue weighted by Gasteiger charge is -2.49. The Morgan fingerprint density at radius 2 is 1.78 bits per heavy atom. The van der Waals surface area contributed by atoms with Crippen molar-refractivity contribution < 1.29 is 48.8 Å². The lowest BCUT2D eigenvalue weighted by Crippen LogP contribution is -2.70. The number of fused-ring (bicyclic) bond motifs is 1. The van der Waals surface area contributed by atoms with E-state index in [1.165, 1.54) is 36.0 Å². The van der Waals surface area contributed by atoms with Crippen molar-refractivity contribution in [3.63, 3.8) is 0 Å². The molecule has 0 aromatic heterocycles. The normalized spacial score (nSPS) is 19.6. The van der Waals surface area contributed by atoms with E-state index in [9.17, 15) is 39.0 Å². The summed E-state index contributed by atoms with van der Waals surface area (Å²) in [6, 6.07) is 3.34. The Kier molecular flexibility index (Phi) is 8.32. The monoisotopic (exact) mass is 521 g/mol. The molecular formula is C22H23N3O10S. The van der Waals surface area contributed by atoms with Crippen LogP contribution in [0.25, 0.3) is 0 Å². The summed E-state index contributed by atoms with van der Waals surface area (Å²) in [5, 5.41) is 29.6. The molecule has 36 heavy (non-hydrogen) atoms. The lowest BCUT2D eigenvalue weighted by molar-refractivity contribution is -0.150. The van der Waals surface area contributed by atoms with E-state index in [1.807, 2.05) is 0 Å². The number of amides is 2. The van der Waals surface area contributed by atoms with Crippen LogP contribution in [-0.2, 0) is 23.9 Å². The van der Waals surface area contributed by atoms with Crippen LogP contribution in [0.2, 0.25) is 0 Å². The van der Waals surface area contributed by atoms with Gasteiger partial charge in [0.05, 0.1) is 11.1 Å². The lowest BCUT2D eigenvalue weighted by atomic mass is 10.0. The predicted octanol–water partition coefficient (Wildman–Crippen LogP) is -0.138. The number of β-lactam (4-membered cyclic amide) rings is 1. The van der Waals surface area contributed by atoms with Crippen LogP contribution in [0.1, 0.15) is 40.0 Å². The number of carboxylic acids is 3. The molecule has 2 heterocycles. The maximum Gasteiger partial charge on any atom is 0.352 e. The molecular weight excluding hydrogens is 498 g/mol. The van der Waals surface area contributed by atoms with Gasteiger partial charge in [-0.1, -0.05) is 12.1 Å². The second kappa shape index (κ2) is 11.2. The number of nitrogens with one attached hydrogen (secondary N) is 1. The number of carbonyl (C=O) groups excluding carboxylic acids is 3. The Labute approximate surface area is 208 Å². The van der Waals surface area contributed by atoms with E-state index in [2.05, 4.69) is 5.32 Å². The first-order valence-corrected chi connectivity index (χ1v) is 11.7. The number of nitrogens with two attached hydrogens (primary N) is 1. The number of carboxylic acid groups (broad SMARTS) is 3. The summed E-state index contributed by atoms with van der Waals surface area (Å²) >= 11 is 1.17. The summed E-state index contributed by atoms with van der Waals surface area (Å²) in [5.41, 5.74) is 4.71. The minimum atomic E-state index is -1.42. The van der Waals surface area contributed by atoms with Crippen LogP contribution in [0.5, 0.6) is 0 Å². The first-order valence-electron chi connectivity index (χ1n) is 10.7. The number of carbonyl (C=O) groups is 6. The zero-order valence-electron chi connectivity index (χ0n) is 18.7. The molecule has 0 radical (unpaired) electrons. The molecule has 2 aliphatic heterocycles. The minimum Gasteiger partial charge on any atom is -0.480 e. The van der Waals surface area contributed by atoms with Gasteiger partial charge in [-0.05, 0) is 25.0 Å². The molecule has 0 aliphatic carbocycles. The standard InChI is InChI=1S/C22H23N3O10S/c23-13(20(30)31)6-3-7-14(26)24-15-17(27)25-16(21(32)33)10(9-36-18(15)25)8-35-22(34)12-5-2-1-4-11(12)19(28)29/h1-2,4-5,13,15,18H,3,6-9,23H2,(H,24,26)(H,28,29)(H,30,31)(H,32,33)/t13?,15-,18+/m1/s1. The van der Waals surface area contributed by atoms with Crippen molar-refractivity contribution in [2.24, 2.45) is 5.73 Å². The molecule has 3 rings (SSSR count). The molecule has 1 aromatic rings. The van der Waals surface area contributed by atoms with Crippen LogP contribution < -0.4 is 11.1 Å². The van der Waals surface area contributed by atoms with Gasteiger partial charge in [-0.15, -0.1) is 11.8 Å². The van der Waals surface area contributed by atoms with Crippen molar-refractivity contribution in [3.8, 4) is 0 Å². The molecule has 6 N–H and O–H groups in total. The second-order valence-corrected chi connectivity index (χ2v) is 9.08. The molecule has 3 atom stereocenters. The fourth-order valence-corrected chi connectivity index (χ4v) is 5.05. The summed E-state index contributed by atoms with van der Waals surface area (Å²) in [7, 11) is 0. The van der Waals surface area contributed by atoms with Gasteiger partial charge in [0.15, 0.2) is 0 Å². The molecule has 1 aromatic carbocycles. The maximum absolute atomic E-state index is 12.7. The average Bonchev–Trinajstić information content (AvgIpc) is 2.84. The van der Waals surface area contributed by atoms with E-state index in [4.69, 9.17) is 15.6 Å². The van der Waals surface area contributed by atoms with Gasteiger partial charge in [-0.25, -0.2) is 14.4 Å². The van der Waals surface area contributed by atoms with E-state index >= 15 is 0 Å². The van der Waals surface area contributed by atoms with Gasteiger partial charge in [0, 0.05) is 17.7 Å². The van der Waals surface area contributed by atoms with Gasteiger partial charge in [-0.2, -0.15) is 0 Å². The molecule has 2 amide bonds. The molecule has 13 nitrogen and oxygen atoms in total. The van der Waals surface area contributed by atoms with Gasteiger partial charge in [-0.3, -0.25) is 19.3 Å². The fourth-order valence-electron chi connectivity index (χ4n) is 3.72. The highest BCUT2D eigenvalue weighted by molar-refractivity contribution is 8.00. The molecule has 1 saturated heterocycles. The summed E-state index contributed by atoms with van der Waals surface area (Å²) < 4.78 is 5.16. The number of thioether (sulfide) groups is 1. The van der Waals surface area contributed by atoms with Crippen molar-refractivity contribution >= 4 is 47.5 Å². The largest absolute Gasteiger partial charge is 0.480 e. The Bertz CT molecular complexity index is 1150. The quantitative estimate of drug-likeness (QED) is 0.190. The molecule has 0 spiro atoms. The molecule has 2 aliphatic rings. The van der Waals surface area contributed by atoms with E-state index in [0.29, 0.717) is 0 Å². The smallest absolute Gasteiger partial charge is 0.352 e. The first kappa shape index (κ1) is 26.7. The predicted molar refractivity (Wildman–Crippen MR) is 123 cm³/mol. The van der Waals surface area contributed by atoms with E-state index < -0.39 is 59.8 Å². The van der Waals surface area contributed by atoms with Gasteiger partial charge in [0.1, 0.15) is 29.8 Å². The van der Waals surface area contributed by atoms with Crippen molar-refractivity contribution in [1.29, 1.82) is 0 Å². The number of esters is 1. The van der Waals surface area contributed by atoms with Crippen LogP contribution in [0.4, 0.5) is 0 Å². The number of hydrogen-bond acceptors (Lipinski definition) is 9. The molecule has 0 bridgehead atoms. The average molecular weight is 522 g/mol. The summed E-state index contributed by atoms with van der Waals surface area (Å²) in [6.07, 6.45) is 0.224. The third kappa shape index (κ3) is 5.66. The molecule has 192 valence electrons. The number of ether oxygens (including phenoxy) is 1. The van der Waals surface area contributed by atoms with Gasteiger partial charge in [0.25, 0.3) is 5.91 Å². The van der Waals surface area contributed by atoms with Crippen LogP contribution >= 0.6 is 11.8 Å². The van der Waals surface area contributed by atoms with Crippen molar-refractivity contribution in [2.45, 2.75) is 36.7 Å². The topological polar surface area (TPSA) is 214 Å². The summed E-state index contributed by atoms with van der Waals surface area (Å²) in [6.45, 7) is -0.473. The Morgan fingerprint density at radius 1 is 1.11 bits per heavy atom. The van der Waals surface area contributed by atoms with Crippen molar-refractivity contribution in [3.05, 3.63) is 46.7 Å². The Hall–Kier alpha value is -3.91. The number of benzene rings is 1. The Balaban J connectivity index is 1.64. The molecule has 14 heteroatoms. The first-order chi connectivity index (χ1) is 17.0. The molecule has 0 saturated carbocycles. The molecule has 1 fully saturated rings. The zero-order chi connectivity index (χ0) is 26.6. The van der Waals surface area contributed by atoms with E-state index in [0.717, 1.165) is 4.90 Å². The highest BCUT2D eigenvalue weighted by Gasteiger charge is 2.54. The summed E-state index contributed by atoms with van der Waals surface area (Å²) in [4.78, 5) is 72.3. The maximum atomic E-state index is 12.7. The van der Waals surface area contributed by atoms with Crippen LogP contribution in [-0.4, -0.2) is 85.7 Å². The van der Waals surface area contributed by atoms with Crippen molar-refractivity contribution in [1.82, 2.24) is 10.2 Å². The number of aromatic carboxylic acids is 1. The number of rotatable bonds is 11. The van der Waals surface area contributed by atoms with Crippen molar-refractivity contribution in [2.75, 3.05) is 12.4 Å². The second-order valence-electron chi connectivity index (χ2n) is 7.98. The minimum absolute atomic E-state index is 0.0528. The van der Waals surface area contributed by atoms with Gasteiger partial charge < -0.3 is 31.1 Å². The third-order valence-electron chi connectivity index (χ3n) is 5.56. The number of hydrogen-bond donors (Lipinski definition) is 5. The summed E-state index contributed by atoms with van der Waals surface area (Å²) in [5.74, 6) is -5.95. The number of aliphatic carboxylic acids is 2.